The fourth-order valence-corrected chi connectivity index (χ4v) is 2.75. The zero-order chi connectivity index (χ0) is 22.0. The summed E-state index contributed by atoms with van der Waals surface area (Å²) in [6, 6.07) is 3.09. The van der Waals surface area contributed by atoms with Gasteiger partial charge in [-0.05, 0) is 31.9 Å². The number of rotatable bonds is 11. The van der Waals surface area contributed by atoms with Gasteiger partial charge in [0.25, 0.3) is 0 Å². The highest BCUT2D eigenvalue weighted by Crippen LogP contribution is 2.37. The normalized spacial score (nSPS) is 13.2. The lowest BCUT2D eigenvalue weighted by Crippen LogP contribution is -2.12. The second-order valence-electron chi connectivity index (χ2n) is 5.71. The van der Waals surface area contributed by atoms with Gasteiger partial charge < -0.3 is 14.2 Å². The van der Waals surface area contributed by atoms with Crippen LogP contribution in [-0.4, -0.2) is 32.1 Å². The Labute approximate surface area is 192 Å². The van der Waals surface area contributed by atoms with Crippen molar-refractivity contribution in [1.29, 1.82) is 0 Å². The van der Waals surface area contributed by atoms with Crippen LogP contribution < -0.4 is 9.47 Å². The molecule has 1 aromatic rings. The van der Waals surface area contributed by atoms with Crippen molar-refractivity contribution in [3.63, 3.8) is 0 Å². The van der Waals surface area contributed by atoms with Crippen LogP contribution in [0.5, 0.6) is 11.5 Å². The molecule has 0 amide bonds. The van der Waals surface area contributed by atoms with Crippen molar-refractivity contribution >= 4 is 58.0 Å². The van der Waals surface area contributed by atoms with Crippen molar-refractivity contribution in [2.24, 2.45) is 0 Å². The fourth-order valence-electron chi connectivity index (χ4n) is 1.99. The third kappa shape index (κ3) is 10.9. The number of ether oxygens (including phenoxy) is 3. The van der Waals surface area contributed by atoms with Crippen LogP contribution >= 0.6 is 58.0 Å². The Kier molecular flexibility index (Phi) is 11.9. The summed E-state index contributed by atoms with van der Waals surface area (Å²) < 4.78 is 53.1. The van der Waals surface area contributed by atoms with E-state index in [0.29, 0.717) is 24.3 Å². The SMILES string of the molecule is CC(CCCOc1c(Cl)cc(OCC=C(Cl)Cl)cc1Cl)OCC=C(Cl)C(F)(F)F. The number of halogens is 8. The number of hydrogen-bond donors (Lipinski definition) is 0. The Morgan fingerprint density at radius 1 is 1.03 bits per heavy atom. The van der Waals surface area contributed by atoms with Gasteiger partial charge in [-0.1, -0.05) is 58.0 Å². The van der Waals surface area contributed by atoms with E-state index in [2.05, 4.69) is 0 Å². The highest BCUT2D eigenvalue weighted by atomic mass is 35.5. The van der Waals surface area contributed by atoms with Crippen molar-refractivity contribution in [2.75, 3.05) is 19.8 Å². The summed E-state index contributed by atoms with van der Waals surface area (Å²) in [5.74, 6) is 0.728. The monoisotopic (exact) mass is 514 g/mol. The Morgan fingerprint density at radius 3 is 2.21 bits per heavy atom. The predicted octanol–water partition coefficient (Wildman–Crippen LogP) is 7.94. The van der Waals surface area contributed by atoms with Crippen molar-refractivity contribution < 1.29 is 27.4 Å². The van der Waals surface area contributed by atoms with Gasteiger partial charge in [0, 0.05) is 12.1 Å². The minimum absolute atomic E-state index is 0.0832. The largest absolute Gasteiger partial charge is 0.490 e. The molecule has 0 bridgehead atoms. The molecule has 0 fully saturated rings. The maximum Gasteiger partial charge on any atom is 0.426 e. The fraction of sp³-hybridized carbons (Fsp3) is 0.444. The van der Waals surface area contributed by atoms with Crippen LogP contribution in [0.1, 0.15) is 19.8 Å². The molecule has 0 saturated carbocycles. The number of alkyl halides is 3. The van der Waals surface area contributed by atoms with E-state index in [-0.39, 0.29) is 40.5 Å². The van der Waals surface area contributed by atoms with E-state index >= 15 is 0 Å². The quantitative estimate of drug-likeness (QED) is 0.280. The summed E-state index contributed by atoms with van der Waals surface area (Å²) in [5.41, 5.74) is 0. The van der Waals surface area contributed by atoms with Gasteiger partial charge >= 0.3 is 6.18 Å². The van der Waals surface area contributed by atoms with E-state index in [1.165, 1.54) is 6.08 Å². The number of hydrogen-bond acceptors (Lipinski definition) is 3. The standard InChI is InChI=1S/C18H18Cl5F3O3/c1-11(27-7-4-15(21)18(24,25)26)3-2-6-29-17-13(19)9-12(10-14(17)20)28-8-5-16(22)23/h4-5,9-11H,2-3,6-8H2,1H3. The first-order chi connectivity index (χ1) is 13.5. The highest BCUT2D eigenvalue weighted by molar-refractivity contribution is 6.55. The van der Waals surface area contributed by atoms with E-state index < -0.39 is 11.2 Å². The zero-order valence-corrected chi connectivity index (χ0v) is 19.0. The van der Waals surface area contributed by atoms with Gasteiger partial charge in [-0.15, -0.1) is 0 Å². The van der Waals surface area contributed by atoms with E-state index in [1.54, 1.807) is 19.1 Å². The maximum atomic E-state index is 12.3. The molecule has 1 aromatic carbocycles. The molecule has 0 spiro atoms. The zero-order valence-electron chi connectivity index (χ0n) is 15.2. The summed E-state index contributed by atoms with van der Waals surface area (Å²) in [6.45, 7) is 1.94. The lowest BCUT2D eigenvalue weighted by molar-refractivity contribution is -0.0852. The average molecular weight is 517 g/mol. The van der Waals surface area contributed by atoms with Gasteiger partial charge in [0.05, 0.1) is 29.4 Å². The molecule has 164 valence electrons. The summed E-state index contributed by atoms with van der Waals surface area (Å²) in [5, 5.41) is -0.666. The van der Waals surface area contributed by atoms with Gasteiger partial charge in [0.15, 0.2) is 5.75 Å². The third-order valence-corrected chi connectivity index (χ3v) is 4.61. The van der Waals surface area contributed by atoms with Crippen LogP contribution in [-0.2, 0) is 4.74 Å². The van der Waals surface area contributed by atoms with Gasteiger partial charge in [-0.25, -0.2) is 0 Å². The maximum absolute atomic E-state index is 12.3. The lowest BCUT2D eigenvalue weighted by atomic mass is 10.2. The molecule has 0 N–H and O–H groups in total. The van der Waals surface area contributed by atoms with Gasteiger partial charge in [-0.3, -0.25) is 0 Å². The molecule has 0 aromatic heterocycles. The topological polar surface area (TPSA) is 27.7 Å². The molecular formula is C18H18Cl5F3O3. The molecule has 0 heterocycles. The molecule has 1 rings (SSSR count). The third-order valence-electron chi connectivity index (χ3n) is 3.37. The van der Waals surface area contributed by atoms with Crippen LogP contribution in [0.2, 0.25) is 10.0 Å². The second-order valence-corrected chi connectivity index (χ2v) is 7.93. The Hall–Kier alpha value is -0.500. The Morgan fingerprint density at radius 2 is 1.66 bits per heavy atom. The van der Waals surface area contributed by atoms with E-state index in [4.69, 9.17) is 72.2 Å². The summed E-state index contributed by atoms with van der Waals surface area (Å²) in [7, 11) is 0. The Balaban J connectivity index is 2.41. The lowest BCUT2D eigenvalue weighted by Gasteiger charge is -2.14. The Bertz CT molecular complexity index is 696. The van der Waals surface area contributed by atoms with Crippen molar-refractivity contribution in [1.82, 2.24) is 0 Å². The van der Waals surface area contributed by atoms with E-state index in [9.17, 15) is 13.2 Å². The first-order valence-electron chi connectivity index (χ1n) is 8.31. The van der Waals surface area contributed by atoms with Crippen molar-refractivity contribution in [2.45, 2.75) is 32.0 Å². The molecule has 0 aliphatic carbocycles. The summed E-state index contributed by atoms with van der Waals surface area (Å²) in [4.78, 5) is 0. The van der Waals surface area contributed by atoms with Crippen LogP contribution in [0, 0.1) is 0 Å². The molecule has 0 saturated heterocycles. The van der Waals surface area contributed by atoms with E-state index in [0.717, 1.165) is 6.08 Å². The molecule has 29 heavy (non-hydrogen) atoms. The minimum atomic E-state index is -4.56. The highest BCUT2D eigenvalue weighted by Gasteiger charge is 2.31. The number of allylic oxidation sites excluding steroid dienone is 1. The molecule has 0 radical (unpaired) electrons. The first kappa shape index (κ1) is 26.5. The van der Waals surface area contributed by atoms with Crippen LogP contribution in [0.25, 0.3) is 0 Å². The summed E-state index contributed by atoms with van der Waals surface area (Å²) in [6.07, 6.45) is -1.47. The second kappa shape index (κ2) is 13.0. The van der Waals surface area contributed by atoms with Crippen LogP contribution in [0.15, 0.2) is 33.8 Å². The molecular weight excluding hydrogens is 498 g/mol. The molecule has 11 heteroatoms. The molecule has 0 aliphatic rings. The molecule has 3 nitrogen and oxygen atoms in total. The smallest absolute Gasteiger partial charge is 0.426 e. The van der Waals surface area contributed by atoms with Crippen molar-refractivity contribution in [3.05, 3.63) is 43.9 Å². The van der Waals surface area contributed by atoms with Gasteiger partial charge in [-0.2, -0.15) is 13.2 Å². The van der Waals surface area contributed by atoms with E-state index in [1.807, 2.05) is 0 Å². The molecule has 1 atom stereocenters. The average Bonchev–Trinajstić information content (AvgIpc) is 2.59. The molecule has 0 aliphatic heterocycles. The molecule has 1 unspecified atom stereocenters. The predicted molar refractivity (Wildman–Crippen MR) is 112 cm³/mol. The minimum Gasteiger partial charge on any atom is -0.490 e. The summed E-state index contributed by atoms with van der Waals surface area (Å²) >= 11 is 28.4. The van der Waals surface area contributed by atoms with Crippen molar-refractivity contribution in [3.8, 4) is 11.5 Å². The van der Waals surface area contributed by atoms with Crippen LogP contribution in [0.3, 0.4) is 0 Å². The van der Waals surface area contributed by atoms with Gasteiger partial charge in [0.1, 0.15) is 21.9 Å². The van der Waals surface area contributed by atoms with Gasteiger partial charge in [0.2, 0.25) is 0 Å². The number of benzene rings is 1. The van der Waals surface area contributed by atoms with Crippen LogP contribution in [0.4, 0.5) is 13.2 Å². The first-order valence-corrected chi connectivity index (χ1v) is 10.2.